The summed E-state index contributed by atoms with van der Waals surface area (Å²) < 4.78 is 6.97. The van der Waals surface area contributed by atoms with Crippen LogP contribution in [0.25, 0.3) is 20.4 Å². The highest BCUT2D eigenvalue weighted by molar-refractivity contribution is 8.00. The Hall–Kier alpha value is -2.35. The first kappa shape index (κ1) is 19.6. The van der Waals surface area contributed by atoms with Gasteiger partial charge in [-0.15, -0.1) is 11.3 Å². The zero-order valence-electron chi connectivity index (χ0n) is 17.1. The van der Waals surface area contributed by atoms with Crippen molar-refractivity contribution in [2.75, 3.05) is 5.75 Å². The van der Waals surface area contributed by atoms with Gasteiger partial charge < -0.3 is 4.74 Å². The highest BCUT2D eigenvalue weighted by Crippen LogP contribution is 2.39. The number of carbonyl (C=O) groups excluding carboxylic acids is 1. The Bertz CT molecular complexity index is 1280. The number of carbonyl (C=O) groups is 1. The van der Waals surface area contributed by atoms with Gasteiger partial charge in [0, 0.05) is 22.9 Å². The van der Waals surface area contributed by atoms with Crippen LogP contribution in [0.4, 0.5) is 0 Å². The maximum absolute atomic E-state index is 12.6. The molecule has 0 aliphatic carbocycles. The monoisotopic (exact) mass is 435 g/mol. The van der Waals surface area contributed by atoms with Crippen LogP contribution in [0.2, 0.25) is 0 Å². The van der Waals surface area contributed by atoms with Crippen molar-refractivity contribution in [1.82, 2.24) is 15.0 Å². The van der Waals surface area contributed by atoms with E-state index in [4.69, 9.17) is 14.7 Å². The Morgan fingerprint density at radius 2 is 2.00 bits per heavy atom. The summed E-state index contributed by atoms with van der Waals surface area (Å²) in [4.78, 5) is 27.8. The van der Waals surface area contributed by atoms with E-state index in [-0.39, 0.29) is 11.4 Å². The van der Waals surface area contributed by atoms with E-state index in [1.54, 1.807) is 11.3 Å². The minimum absolute atomic E-state index is 0.0964. The molecule has 1 aromatic carbocycles. The molecule has 5 nitrogen and oxygen atoms in total. The third-order valence-corrected chi connectivity index (χ3v) is 7.40. The number of thioether (sulfide) groups is 1. The number of hydrogen-bond donors (Lipinski definition) is 0. The maximum Gasteiger partial charge on any atom is 0.173 e. The molecule has 4 aromatic rings. The van der Waals surface area contributed by atoms with Gasteiger partial charge in [-0.2, -0.15) is 0 Å². The van der Waals surface area contributed by atoms with Crippen LogP contribution in [0, 0.1) is 6.92 Å². The number of nitrogens with zero attached hydrogens (tertiary/aromatic N) is 3. The first-order valence-corrected chi connectivity index (χ1v) is 11.6. The molecule has 0 unspecified atom stereocenters. The first-order valence-electron chi connectivity index (χ1n) is 9.84. The van der Waals surface area contributed by atoms with Crippen molar-refractivity contribution in [3.63, 3.8) is 0 Å². The lowest BCUT2D eigenvalue weighted by molar-refractivity contribution is -0.0411. The fraction of sp³-hybridized carbons (Fsp3) is 0.304. The van der Waals surface area contributed by atoms with Crippen molar-refractivity contribution in [2.24, 2.45) is 0 Å². The molecule has 0 fully saturated rings. The molecule has 4 heterocycles. The summed E-state index contributed by atoms with van der Waals surface area (Å²) in [6, 6.07) is 11.5. The number of benzene rings is 1. The van der Waals surface area contributed by atoms with E-state index in [1.165, 1.54) is 11.8 Å². The molecule has 3 aromatic heterocycles. The Morgan fingerprint density at radius 3 is 2.80 bits per heavy atom. The number of aryl methyl sites for hydroxylation is 1. The lowest BCUT2D eigenvalue weighted by Crippen LogP contribution is -2.32. The SMILES string of the molecule is Cc1nc(SCC(=O)c2ccccc2)c2sc3nc4c(cc3c2n1)COC(C)(C)C4. The smallest absolute Gasteiger partial charge is 0.173 e. The number of ketones is 1. The van der Waals surface area contributed by atoms with Crippen molar-refractivity contribution in [3.8, 4) is 0 Å². The second kappa shape index (κ2) is 7.41. The molecule has 7 heteroatoms. The van der Waals surface area contributed by atoms with Gasteiger partial charge in [0.25, 0.3) is 0 Å². The number of ether oxygens (including phenoxy) is 1. The van der Waals surface area contributed by atoms with Crippen molar-refractivity contribution >= 4 is 49.3 Å². The van der Waals surface area contributed by atoms with Crippen LogP contribution in [0.3, 0.4) is 0 Å². The van der Waals surface area contributed by atoms with Crippen molar-refractivity contribution in [1.29, 1.82) is 0 Å². The third-order valence-electron chi connectivity index (χ3n) is 5.20. The van der Waals surface area contributed by atoms with E-state index < -0.39 is 0 Å². The predicted molar refractivity (Wildman–Crippen MR) is 122 cm³/mol. The summed E-state index contributed by atoms with van der Waals surface area (Å²) in [6.45, 7) is 6.66. The molecular weight excluding hydrogens is 414 g/mol. The average Bonchev–Trinajstić information content (AvgIpc) is 3.07. The van der Waals surface area contributed by atoms with E-state index in [0.29, 0.717) is 18.2 Å². The molecule has 1 aliphatic rings. The quantitative estimate of drug-likeness (QED) is 0.244. The second-order valence-corrected chi connectivity index (χ2v) is 10.1. The van der Waals surface area contributed by atoms with Crippen LogP contribution in [0.1, 0.15) is 41.3 Å². The molecule has 0 amide bonds. The van der Waals surface area contributed by atoms with Gasteiger partial charge >= 0.3 is 0 Å². The van der Waals surface area contributed by atoms with Gasteiger partial charge in [0.1, 0.15) is 15.7 Å². The number of pyridine rings is 1. The van der Waals surface area contributed by atoms with Crippen molar-refractivity contribution in [3.05, 3.63) is 59.0 Å². The van der Waals surface area contributed by atoms with E-state index in [9.17, 15) is 4.79 Å². The highest BCUT2D eigenvalue weighted by atomic mass is 32.2. The molecule has 152 valence electrons. The molecule has 0 N–H and O–H groups in total. The lowest BCUT2D eigenvalue weighted by Gasteiger charge is -2.30. The molecule has 0 saturated carbocycles. The second-order valence-electron chi connectivity index (χ2n) is 8.11. The summed E-state index contributed by atoms with van der Waals surface area (Å²) in [7, 11) is 0. The Kier molecular flexibility index (Phi) is 4.84. The number of rotatable bonds is 4. The van der Waals surface area contributed by atoms with Gasteiger partial charge in [-0.05, 0) is 26.8 Å². The summed E-state index contributed by atoms with van der Waals surface area (Å²) in [5.41, 5.74) is 3.67. The van der Waals surface area contributed by atoms with Gasteiger partial charge in [-0.1, -0.05) is 42.1 Å². The van der Waals surface area contributed by atoms with Crippen LogP contribution in [0.15, 0.2) is 41.4 Å². The fourth-order valence-electron chi connectivity index (χ4n) is 3.67. The standard InChI is InChI=1S/C23H21N3O2S2/c1-13-24-19-16-9-15-11-28-23(2,3)10-17(15)26-21(16)30-20(19)22(25-13)29-12-18(27)14-7-5-4-6-8-14/h4-9H,10-12H2,1-3H3. The van der Waals surface area contributed by atoms with Gasteiger partial charge in [0.15, 0.2) is 5.78 Å². The fourth-order valence-corrected chi connectivity index (χ4v) is 5.83. The minimum atomic E-state index is -0.195. The molecule has 1 aliphatic heterocycles. The third kappa shape index (κ3) is 3.62. The van der Waals surface area contributed by atoms with Gasteiger partial charge in [-0.25, -0.2) is 15.0 Å². The predicted octanol–water partition coefficient (Wildman–Crippen LogP) is 5.37. The molecular formula is C23H21N3O2S2. The Labute approximate surface area is 182 Å². The van der Waals surface area contributed by atoms with Gasteiger partial charge in [0.2, 0.25) is 0 Å². The molecule has 5 rings (SSSR count). The Morgan fingerprint density at radius 1 is 1.20 bits per heavy atom. The zero-order valence-corrected chi connectivity index (χ0v) is 18.7. The zero-order chi connectivity index (χ0) is 20.9. The summed E-state index contributed by atoms with van der Waals surface area (Å²) in [5.74, 6) is 1.14. The molecule has 0 atom stereocenters. The molecule has 0 spiro atoms. The number of Topliss-reactive ketones (excluding diaryl/α,β-unsaturated/α-hetero) is 1. The van der Waals surface area contributed by atoms with Crippen LogP contribution < -0.4 is 0 Å². The van der Waals surface area contributed by atoms with Crippen LogP contribution in [-0.2, 0) is 17.8 Å². The molecule has 0 radical (unpaired) electrons. The molecule has 30 heavy (non-hydrogen) atoms. The van der Waals surface area contributed by atoms with E-state index >= 15 is 0 Å². The van der Waals surface area contributed by atoms with Gasteiger partial charge in [-0.3, -0.25) is 4.79 Å². The average molecular weight is 436 g/mol. The lowest BCUT2D eigenvalue weighted by atomic mass is 9.95. The van der Waals surface area contributed by atoms with Crippen LogP contribution in [0.5, 0.6) is 0 Å². The van der Waals surface area contributed by atoms with E-state index in [1.807, 2.05) is 37.3 Å². The van der Waals surface area contributed by atoms with Gasteiger partial charge in [0.05, 0.1) is 33.9 Å². The largest absolute Gasteiger partial charge is 0.370 e. The normalized spacial score (nSPS) is 15.4. The summed E-state index contributed by atoms with van der Waals surface area (Å²) in [5, 5.41) is 1.89. The Balaban J connectivity index is 1.54. The molecule has 0 bridgehead atoms. The van der Waals surface area contributed by atoms with Crippen molar-refractivity contribution < 1.29 is 9.53 Å². The number of aromatic nitrogens is 3. The molecule has 0 saturated heterocycles. The van der Waals surface area contributed by atoms with Crippen LogP contribution in [-0.4, -0.2) is 32.1 Å². The highest BCUT2D eigenvalue weighted by Gasteiger charge is 2.28. The number of hydrogen-bond acceptors (Lipinski definition) is 7. The summed E-state index contributed by atoms with van der Waals surface area (Å²) >= 11 is 3.08. The maximum atomic E-state index is 12.6. The number of thiophene rings is 1. The first-order chi connectivity index (χ1) is 14.4. The number of fused-ring (bicyclic) bond motifs is 4. The van der Waals surface area contributed by atoms with E-state index in [0.717, 1.165) is 48.7 Å². The topological polar surface area (TPSA) is 65.0 Å². The van der Waals surface area contributed by atoms with Crippen molar-refractivity contribution in [2.45, 2.75) is 44.4 Å². The summed E-state index contributed by atoms with van der Waals surface area (Å²) in [6.07, 6.45) is 0.796. The minimum Gasteiger partial charge on any atom is -0.370 e. The van der Waals surface area contributed by atoms with Crippen LogP contribution >= 0.6 is 23.1 Å². The van der Waals surface area contributed by atoms with E-state index in [2.05, 4.69) is 24.9 Å².